The molecule has 0 aliphatic carbocycles. The Morgan fingerprint density at radius 1 is 0.321 bits per heavy atom. The second-order valence-corrected chi connectivity index (χ2v) is 14.0. The third-order valence-electron chi connectivity index (χ3n) is 10.8. The van der Waals surface area contributed by atoms with Gasteiger partial charge in [-0.2, -0.15) is 0 Å². The Kier molecular flexibility index (Phi) is 7.38. The molecule has 6 aromatic heterocycles. The van der Waals surface area contributed by atoms with Crippen LogP contribution in [0.5, 0.6) is 0 Å². The third kappa shape index (κ3) is 5.11. The van der Waals surface area contributed by atoms with Crippen LogP contribution < -0.4 is 0 Å². The Labute approximate surface area is 322 Å². The lowest BCUT2D eigenvalue weighted by atomic mass is 9.94. The molecule has 0 spiro atoms. The Morgan fingerprint density at radius 2 is 0.839 bits per heavy atom. The molecule has 6 heteroatoms. The Hall–Kier alpha value is -7.70. The van der Waals surface area contributed by atoms with E-state index < -0.39 is 0 Å². The maximum Gasteiger partial charge on any atom is 0.0963 e. The first-order valence-electron chi connectivity index (χ1n) is 18.7. The van der Waals surface area contributed by atoms with E-state index in [-0.39, 0.29) is 0 Å². The van der Waals surface area contributed by atoms with Crippen molar-refractivity contribution in [3.8, 4) is 55.9 Å². The Bertz CT molecular complexity index is 3040. The average molecular weight is 717 g/mol. The summed E-state index contributed by atoms with van der Waals surface area (Å²) >= 11 is 0. The first-order valence-corrected chi connectivity index (χ1v) is 18.7. The fourth-order valence-electron chi connectivity index (χ4n) is 8.36. The molecule has 56 heavy (non-hydrogen) atoms. The molecule has 0 N–H and O–H groups in total. The van der Waals surface area contributed by atoms with Crippen molar-refractivity contribution >= 4 is 43.9 Å². The van der Waals surface area contributed by atoms with E-state index in [1.807, 2.05) is 55.4 Å². The summed E-state index contributed by atoms with van der Waals surface area (Å²) in [5, 5.41) is 2.21. The second-order valence-electron chi connectivity index (χ2n) is 14.0. The molecule has 0 bridgehead atoms. The minimum absolute atomic E-state index is 0.967. The molecule has 0 amide bonds. The van der Waals surface area contributed by atoms with Gasteiger partial charge in [-0.3, -0.25) is 19.9 Å². The smallest absolute Gasteiger partial charge is 0.0963 e. The number of nitrogens with zero attached hydrogens (tertiary/aromatic N) is 6. The summed E-state index contributed by atoms with van der Waals surface area (Å²) in [6.07, 6.45) is 11.2. The SMILES string of the molecule is c1cncc(-c2ccccc2-c2ccc3c(c2)c2ncccc2n3-c2cccc(-n3c4ccc(-c5ccccc5-c5ccncc5)cc4c4ncccc43)c2)c1. The number of hydrogen-bond donors (Lipinski definition) is 0. The summed E-state index contributed by atoms with van der Waals surface area (Å²) in [5.41, 5.74) is 17.5. The minimum Gasteiger partial charge on any atom is -0.308 e. The summed E-state index contributed by atoms with van der Waals surface area (Å²) in [7, 11) is 0. The Balaban J connectivity index is 1.06. The number of benzene rings is 5. The lowest BCUT2D eigenvalue weighted by Crippen LogP contribution is -1.98. The van der Waals surface area contributed by atoms with Crippen molar-refractivity contribution in [2.75, 3.05) is 0 Å². The van der Waals surface area contributed by atoms with Crippen LogP contribution in [0.4, 0.5) is 0 Å². The maximum absolute atomic E-state index is 4.94. The van der Waals surface area contributed by atoms with Gasteiger partial charge in [0.1, 0.15) is 0 Å². The van der Waals surface area contributed by atoms with Gasteiger partial charge in [0.05, 0.1) is 33.1 Å². The van der Waals surface area contributed by atoms with Gasteiger partial charge in [-0.1, -0.05) is 72.8 Å². The summed E-state index contributed by atoms with van der Waals surface area (Å²) < 4.78 is 4.66. The van der Waals surface area contributed by atoms with E-state index in [9.17, 15) is 0 Å². The van der Waals surface area contributed by atoms with Crippen molar-refractivity contribution in [1.82, 2.24) is 29.1 Å². The average Bonchev–Trinajstić information content (AvgIpc) is 3.79. The number of aromatic nitrogens is 6. The molecule has 0 saturated heterocycles. The molecule has 0 unspecified atom stereocenters. The summed E-state index contributed by atoms with van der Waals surface area (Å²) in [4.78, 5) is 18.5. The maximum atomic E-state index is 4.94. The topological polar surface area (TPSA) is 61.4 Å². The largest absolute Gasteiger partial charge is 0.308 e. The number of fused-ring (bicyclic) bond motifs is 6. The molecule has 6 heterocycles. The molecule has 5 aromatic carbocycles. The summed E-state index contributed by atoms with van der Waals surface area (Å²) in [6.45, 7) is 0. The zero-order valence-corrected chi connectivity index (χ0v) is 30.2. The van der Waals surface area contributed by atoms with Crippen LogP contribution in [0.25, 0.3) is 99.8 Å². The van der Waals surface area contributed by atoms with Crippen LogP contribution in [0.15, 0.2) is 195 Å². The summed E-state index contributed by atoms with van der Waals surface area (Å²) in [6, 6.07) is 55.9. The highest BCUT2D eigenvalue weighted by atomic mass is 15.0. The van der Waals surface area contributed by atoms with Crippen LogP contribution in [0.3, 0.4) is 0 Å². The van der Waals surface area contributed by atoms with Crippen LogP contribution in [0.2, 0.25) is 0 Å². The normalized spacial score (nSPS) is 11.6. The first kappa shape index (κ1) is 31.8. The molecule has 0 aliphatic rings. The predicted octanol–water partition coefficient (Wildman–Crippen LogP) is 12.1. The fraction of sp³-hybridized carbons (Fsp3) is 0. The quantitative estimate of drug-likeness (QED) is 0.172. The van der Waals surface area contributed by atoms with E-state index >= 15 is 0 Å². The van der Waals surface area contributed by atoms with Crippen molar-refractivity contribution < 1.29 is 0 Å². The van der Waals surface area contributed by atoms with Crippen LogP contribution in [0, 0.1) is 0 Å². The van der Waals surface area contributed by atoms with Crippen LogP contribution >= 0.6 is 0 Å². The number of pyridine rings is 4. The van der Waals surface area contributed by atoms with E-state index in [1.54, 1.807) is 0 Å². The minimum atomic E-state index is 0.967. The van der Waals surface area contributed by atoms with Gasteiger partial charge in [-0.25, -0.2) is 0 Å². The highest BCUT2D eigenvalue weighted by Crippen LogP contribution is 2.40. The van der Waals surface area contributed by atoms with Crippen LogP contribution in [-0.2, 0) is 0 Å². The van der Waals surface area contributed by atoms with Gasteiger partial charge < -0.3 is 9.13 Å². The molecule has 11 rings (SSSR count). The lowest BCUT2D eigenvalue weighted by Gasteiger charge is -2.13. The summed E-state index contributed by atoms with van der Waals surface area (Å²) in [5.74, 6) is 0. The molecule has 0 saturated carbocycles. The van der Waals surface area contributed by atoms with Gasteiger partial charge >= 0.3 is 0 Å². The zero-order chi connectivity index (χ0) is 37.0. The van der Waals surface area contributed by atoms with Gasteiger partial charge in [0.15, 0.2) is 0 Å². The molecular formula is C50H32N6. The molecule has 0 aliphatic heterocycles. The molecular weight excluding hydrogens is 685 g/mol. The zero-order valence-electron chi connectivity index (χ0n) is 30.2. The van der Waals surface area contributed by atoms with Gasteiger partial charge in [-0.05, 0) is 124 Å². The molecule has 262 valence electrons. The van der Waals surface area contributed by atoms with Gasteiger partial charge in [0, 0.05) is 64.9 Å². The number of hydrogen-bond acceptors (Lipinski definition) is 4. The van der Waals surface area contributed by atoms with E-state index in [2.05, 4.69) is 159 Å². The third-order valence-corrected chi connectivity index (χ3v) is 10.8. The van der Waals surface area contributed by atoms with Crippen molar-refractivity contribution in [3.05, 3.63) is 195 Å². The first-order chi connectivity index (χ1) is 27.8. The Morgan fingerprint density at radius 3 is 1.38 bits per heavy atom. The number of rotatable bonds is 6. The fourth-order valence-corrected chi connectivity index (χ4v) is 8.36. The highest BCUT2D eigenvalue weighted by molar-refractivity contribution is 6.10. The van der Waals surface area contributed by atoms with Crippen molar-refractivity contribution in [1.29, 1.82) is 0 Å². The lowest BCUT2D eigenvalue weighted by molar-refractivity contribution is 1.13. The van der Waals surface area contributed by atoms with Gasteiger partial charge in [0.25, 0.3) is 0 Å². The molecule has 6 nitrogen and oxygen atoms in total. The van der Waals surface area contributed by atoms with E-state index in [0.717, 1.165) is 88.6 Å². The molecule has 0 radical (unpaired) electrons. The predicted molar refractivity (Wildman–Crippen MR) is 228 cm³/mol. The van der Waals surface area contributed by atoms with Crippen LogP contribution in [0.1, 0.15) is 0 Å². The molecule has 0 atom stereocenters. The van der Waals surface area contributed by atoms with E-state index in [1.165, 1.54) is 11.1 Å². The molecule has 0 fully saturated rings. The van der Waals surface area contributed by atoms with E-state index in [0.29, 0.717) is 0 Å². The second kappa shape index (κ2) is 13.0. The highest BCUT2D eigenvalue weighted by Gasteiger charge is 2.19. The monoisotopic (exact) mass is 716 g/mol. The van der Waals surface area contributed by atoms with Crippen LogP contribution in [-0.4, -0.2) is 29.1 Å². The van der Waals surface area contributed by atoms with Gasteiger partial charge in [-0.15, -0.1) is 0 Å². The standard InChI is InChI=1S/C50H32N6/c1-2-13-40(39(12-1)33-22-27-51-28-23-33)34-18-20-45-43(29-34)49-47(16-7-25-53-49)55(45)37-10-5-11-38(31-37)56-46-21-19-35(30-44(46)50-48(56)17-8-26-54-50)41-14-3-4-15-42(41)36-9-6-24-52-32-36/h1-32H. The van der Waals surface area contributed by atoms with Crippen molar-refractivity contribution in [3.63, 3.8) is 0 Å². The van der Waals surface area contributed by atoms with Crippen molar-refractivity contribution in [2.45, 2.75) is 0 Å². The molecule has 11 aromatic rings. The van der Waals surface area contributed by atoms with Crippen molar-refractivity contribution in [2.24, 2.45) is 0 Å². The van der Waals surface area contributed by atoms with Gasteiger partial charge in [0.2, 0.25) is 0 Å². The van der Waals surface area contributed by atoms with E-state index in [4.69, 9.17) is 9.97 Å².